The topological polar surface area (TPSA) is 65.1 Å². The van der Waals surface area contributed by atoms with Gasteiger partial charge in [-0.25, -0.2) is 0 Å². The van der Waals surface area contributed by atoms with Crippen molar-refractivity contribution in [3.63, 3.8) is 0 Å². The van der Waals surface area contributed by atoms with Crippen molar-refractivity contribution in [1.29, 1.82) is 0 Å². The van der Waals surface area contributed by atoms with Gasteiger partial charge in [-0.2, -0.15) is 0 Å². The van der Waals surface area contributed by atoms with Gasteiger partial charge in [0.25, 0.3) is 11.1 Å². The number of hydrogen-bond acceptors (Lipinski definition) is 6. The van der Waals surface area contributed by atoms with Crippen LogP contribution in [0, 0.1) is 5.92 Å². The fraction of sp³-hybridized carbons (Fsp3) is 0.304. The highest BCUT2D eigenvalue weighted by Gasteiger charge is 2.34. The first-order valence-corrected chi connectivity index (χ1v) is 11.0. The first kappa shape index (κ1) is 23.0. The first-order chi connectivity index (χ1) is 14.9. The molecule has 8 heteroatoms. The van der Waals surface area contributed by atoms with E-state index in [2.05, 4.69) is 13.8 Å². The van der Waals surface area contributed by atoms with Gasteiger partial charge in [0.05, 0.1) is 25.2 Å². The van der Waals surface area contributed by atoms with Crippen molar-refractivity contribution in [1.82, 2.24) is 4.90 Å². The maximum absolute atomic E-state index is 12.7. The fourth-order valence-corrected chi connectivity index (χ4v) is 3.77. The molecule has 1 aliphatic heterocycles. The molecule has 0 bridgehead atoms. The van der Waals surface area contributed by atoms with Gasteiger partial charge in [0.15, 0.2) is 11.5 Å². The van der Waals surface area contributed by atoms with Gasteiger partial charge in [-0.1, -0.05) is 31.5 Å². The molecule has 0 atom stereocenters. The van der Waals surface area contributed by atoms with Crippen LogP contribution in [0.2, 0.25) is 5.02 Å². The van der Waals surface area contributed by atoms with E-state index in [1.54, 1.807) is 49.6 Å². The minimum absolute atomic E-state index is 0.163. The number of benzene rings is 2. The minimum atomic E-state index is -0.339. The Labute approximate surface area is 191 Å². The minimum Gasteiger partial charge on any atom is -0.493 e. The van der Waals surface area contributed by atoms with E-state index in [0.717, 1.165) is 17.3 Å². The van der Waals surface area contributed by atoms with Crippen LogP contribution in [-0.2, 0) is 4.79 Å². The molecule has 1 aliphatic rings. The van der Waals surface area contributed by atoms with E-state index in [4.69, 9.17) is 25.8 Å². The van der Waals surface area contributed by atoms with Gasteiger partial charge in [-0.3, -0.25) is 14.5 Å². The molecule has 3 rings (SSSR count). The number of amides is 2. The number of carbonyl (C=O) groups excluding carboxylic acids is 2. The van der Waals surface area contributed by atoms with Crippen molar-refractivity contribution in [2.24, 2.45) is 5.92 Å². The predicted molar refractivity (Wildman–Crippen MR) is 123 cm³/mol. The Balaban J connectivity index is 1.64. The largest absolute Gasteiger partial charge is 0.493 e. The normalized spacial score (nSPS) is 15.1. The third kappa shape index (κ3) is 6.18. The molecule has 0 radical (unpaired) electrons. The number of halogens is 1. The molecule has 0 aliphatic carbocycles. The number of imide groups is 1. The van der Waals surface area contributed by atoms with Gasteiger partial charge < -0.3 is 14.2 Å². The zero-order chi connectivity index (χ0) is 22.4. The number of methoxy groups -OCH3 is 1. The third-order valence-electron chi connectivity index (χ3n) is 4.33. The summed E-state index contributed by atoms with van der Waals surface area (Å²) in [6.45, 7) is 5.07. The van der Waals surface area contributed by atoms with Gasteiger partial charge in [0, 0.05) is 5.02 Å². The SMILES string of the molecule is COc1cc(/C=C2\SC(=O)N(CCOc3ccc(Cl)cc3)C2=O)ccc1OCC(C)C. The lowest BCUT2D eigenvalue weighted by Gasteiger charge is -2.13. The summed E-state index contributed by atoms with van der Waals surface area (Å²) in [5.74, 6) is 1.89. The summed E-state index contributed by atoms with van der Waals surface area (Å²) in [6, 6.07) is 12.3. The van der Waals surface area contributed by atoms with Crippen molar-refractivity contribution in [2.45, 2.75) is 13.8 Å². The van der Waals surface area contributed by atoms with E-state index in [1.807, 2.05) is 6.07 Å². The number of carbonyl (C=O) groups is 2. The van der Waals surface area contributed by atoms with Gasteiger partial charge in [-0.15, -0.1) is 0 Å². The molecule has 0 spiro atoms. The maximum Gasteiger partial charge on any atom is 0.293 e. The molecule has 31 heavy (non-hydrogen) atoms. The Hall–Kier alpha value is -2.64. The number of rotatable bonds is 9. The van der Waals surface area contributed by atoms with Gasteiger partial charge in [0.2, 0.25) is 0 Å². The first-order valence-electron chi connectivity index (χ1n) is 9.82. The molecule has 0 saturated carbocycles. The molecule has 1 saturated heterocycles. The van der Waals surface area contributed by atoms with Crippen LogP contribution in [0.4, 0.5) is 4.79 Å². The Morgan fingerprint density at radius 3 is 2.48 bits per heavy atom. The quantitative estimate of drug-likeness (QED) is 0.459. The van der Waals surface area contributed by atoms with Crippen molar-refractivity contribution in [3.05, 3.63) is 58.0 Å². The second-order valence-corrected chi connectivity index (χ2v) is 8.68. The van der Waals surface area contributed by atoms with Gasteiger partial charge in [-0.05, 0) is 65.7 Å². The van der Waals surface area contributed by atoms with E-state index in [1.165, 1.54) is 4.90 Å². The zero-order valence-corrected chi connectivity index (χ0v) is 19.2. The fourth-order valence-electron chi connectivity index (χ4n) is 2.78. The van der Waals surface area contributed by atoms with Gasteiger partial charge in [0.1, 0.15) is 12.4 Å². The second kappa shape index (κ2) is 10.6. The van der Waals surface area contributed by atoms with Crippen LogP contribution in [0.15, 0.2) is 47.4 Å². The number of hydrogen-bond donors (Lipinski definition) is 0. The molecule has 2 aromatic rings. The van der Waals surface area contributed by atoms with Gasteiger partial charge >= 0.3 is 0 Å². The molecule has 2 aromatic carbocycles. The highest BCUT2D eigenvalue weighted by molar-refractivity contribution is 8.18. The summed E-state index contributed by atoms with van der Waals surface area (Å²) in [5, 5.41) is 0.291. The van der Waals surface area contributed by atoms with E-state index in [-0.39, 0.29) is 24.3 Å². The van der Waals surface area contributed by atoms with Crippen LogP contribution < -0.4 is 14.2 Å². The standard InChI is InChI=1S/C23H24ClNO5S/c1-15(2)14-30-19-9-4-16(12-20(19)28-3)13-21-22(26)25(23(27)31-21)10-11-29-18-7-5-17(24)6-8-18/h4-9,12-13,15H,10-11,14H2,1-3H3/b21-13-. The summed E-state index contributed by atoms with van der Waals surface area (Å²) in [7, 11) is 1.57. The summed E-state index contributed by atoms with van der Waals surface area (Å²) in [6.07, 6.45) is 1.68. The summed E-state index contributed by atoms with van der Waals surface area (Å²) in [5.41, 5.74) is 0.747. The Morgan fingerprint density at radius 2 is 1.81 bits per heavy atom. The molecule has 6 nitrogen and oxygen atoms in total. The third-order valence-corrected chi connectivity index (χ3v) is 5.49. The molecule has 1 fully saturated rings. The number of thioether (sulfide) groups is 1. The van der Waals surface area contributed by atoms with E-state index in [0.29, 0.717) is 39.7 Å². The van der Waals surface area contributed by atoms with E-state index in [9.17, 15) is 9.59 Å². The van der Waals surface area contributed by atoms with Crippen molar-refractivity contribution >= 4 is 40.6 Å². The summed E-state index contributed by atoms with van der Waals surface area (Å²) < 4.78 is 16.8. The Morgan fingerprint density at radius 1 is 1.06 bits per heavy atom. The number of nitrogens with zero attached hydrogens (tertiary/aromatic N) is 1. The lowest BCUT2D eigenvalue weighted by molar-refractivity contribution is -0.123. The predicted octanol–water partition coefficient (Wildman–Crippen LogP) is 5.50. The second-order valence-electron chi connectivity index (χ2n) is 7.25. The van der Waals surface area contributed by atoms with Crippen LogP contribution in [0.5, 0.6) is 17.2 Å². The Bertz CT molecular complexity index is 974. The van der Waals surface area contributed by atoms with Crippen molar-refractivity contribution < 1.29 is 23.8 Å². The highest BCUT2D eigenvalue weighted by atomic mass is 35.5. The Kier molecular flexibility index (Phi) is 7.87. The van der Waals surface area contributed by atoms with Crippen LogP contribution in [0.3, 0.4) is 0 Å². The van der Waals surface area contributed by atoms with Crippen molar-refractivity contribution in [2.75, 3.05) is 26.9 Å². The molecule has 1 heterocycles. The lowest BCUT2D eigenvalue weighted by Crippen LogP contribution is -2.32. The van der Waals surface area contributed by atoms with Crippen molar-refractivity contribution in [3.8, 4) is 17.2 Å². The molecular formula is C23H24ClNO5S. The molecule has 0 unspecified atom stereocenters. The summed E-state index contributed by atoms with van der Waals surface area (Å²) in [4.78, 5) is 26.5. The monoisotopic (exact) mass is 461 g/mol. The molecule has 0 aromatic heterocycles. The maximum atomic E-state index is 12.7. The molecular weight excluding hydrogens is 438 g/mol. The average Bonchev–Trinajstić information content (AvgIpc) is 3.01. The highest BCUT2D eigenvalue weighted by Crippen LogP contribution is 2.34. The number of ether oxygens (including phenoxy) is 3. The molecule has 164 valence electrons. The van der Waals surface area contributed by atoms with Crippen LogP contribution >= 0.6 is 23.4 Å². The average molecular weight is 462 g/mol. The summed E-state index contributed by atoms with van der Waals surface area (Å²) >= 11 is 6.76. The smallest absolute Gasteiger partial charge is 0.293 e. The van der Waals surface area contributed by atoms with E-state index >= 15 is 0 Å². The van der Waals surface area contributed by atoms with Crippen LogP contribution in [-0.4, -0.2) is 42.9 Å². The van der Waals surface area contributed by atoms with Crippen LogP contribution in [0.1, 0.15) is 19.4 Å². The van der Waals surface area contributed by atoms with E-state index < -0.39 is 0 Å². The molecule has 0 N–H and O–H groups in total. The lowest BCUT2D eigenvalue weighted by atomic mass is 10.1. The zero-order valence-electron chi connectivity index (χ0n) is 17.6. The van der Waals surface area contributed by atoms with Crippen LogP contribution in [0.25, 0.3) is 6.08 Å². The molecule has 2 amide bonds.